The van der Waals surface area contributed by atoms with E-state index in [0.29, 0.717) is 5.69 Å². The van der Waals surface area contributed by atoms with Crippen LogP contribution in [0.3, 0.4) is 0 Å². The van der Waals surface area contributed by atoms with E-state index in [1.807, 2.05) is 43.3 Å². The van der Waals surface area contributed by atoms with Crippen LogP contribution in [0.25, 0.3) is 21.7 Å². The molecule has 0 amide bonds. The molecule has 6 heteroatoms. The Bertz CT molecular complexity index is 1240. The first kappa shape index (κ1) is 17.0. The highest BCUT2D eigenvalue weighted by Gasteiger charge is 2.17. The van der Waals surface area contributed by atoms with Gasteiger partial charge in [-0.1, -0.05) is 52.3 Å². The van der Waals surface area contributed by atoms with Crippen LogP contribution in [0.1, 0.15) is 5.69 Å². The summed E-state index contributed by atoms with van der Waals surface area (Å²) in [6.07, 6.45) is 0. The van der Waals surface area contributed by atoms with Crippen LogP contribution in [0.4, 0.5) is 5.69 Å². The third-order valence-electron chi connectivity index (χ3n) is 4.20. The van der Waals surface area contributed by atoms with Crippen LogP contribution in [-0.2, 0) is 10.0 Å². The molecule has 130 valence electrons. The quantitative estimate of drug-likeness (QED) is 0.454. The van der Waals surface area contributed by atoms with E-state index in [4.69, 9.17) is 0 Å². The van der Waals surface area contributed by atoms with Gasteiger partial charge in [-0.2, -0.15) is 0 Å². The van der Waals surface area contributed by atoms with Crippen molar-refractivity contribution in [1.29, 1.82) is 0 Å². The fraction of sp³-hybridized carbons (Fsp3) is 0.0500. The number of anilines is 1. The van der Waals surface area contributed by atoms with E-state index in [-0.39, 0.29) is 4.90 Å². The Balaban J connectivity index is 1.89. The number of sulfonamides is 1. The van der Waals surface area contributed by atoms with Gasteiger partial charge in [0, 0.05) is 20.9 Å². The van der Waals surface area contributed by atoms with Crippen LogP contribution in [-0.4, -0.2) is 13.4 Å². The second-order valence-electron chi connectivity index (χ2n) is 6.05. The average molecular weight is 427 g/mol. The molecular formula is C20H15BrN2O2S. The molecule has 1 aromatic heterocycles. The topological polar surface area (TPSA) is 59.1 Å². The van der Waals surface area contributed by atoms with Crippen molar-refractivity contribution in [3.63, 3.8) is 0 Å². The zero-order valence-corrected chi connectivity index (χ0v) is 16.3. The minimum absolute atomic E-state index is 0.212. The molecule has 1 heterocycles. The summed E-state index contributed by atoms with van der Waals surface area (Å²) in [5, 5.41) is 2.84. The molecule has 0 radical (unpaired) electrons. The van der Waals surface area contributed by atoms with Gasteiger partial charge in [-0.05, 0) is 42.6 Å². The summed E-state index contributed by atoms with van der Waals surface area (Å²) in [5.74, 6) is 0. The first-order valence-corrected chi connectivity index (χ1v) is 10.3. The Morgan fingerprint density at radius 2 is 1.65 bits per heavy atom. The van der Waals surface area contributed by atoms with Gasteiger partial charge in [-0.25, -0.2) is 8.42 Å². The molecule has 0 aliphatic rings. The Kier molecular flexibility index (Phi) is 4.17. The molecule has 4 rings (SSSR count). The van der Waals surface area contributed by atoms with Crippen molar-refractivity contribution in [2.24, 2.45) is 0 Å². The Morgan fingerprint density at radius 3 is 2.42 bits per heavy atom. The number of hydrogen-bond donors (Lipinski definition) is 1. The summed E-state index contributed by atoms with van der Waals surface area (Å²) in [6.45, 7) is 1.86. The van der Waals surface area contributed by atoms with E-state index >= 15 is 0 Å². The summed E-state index contributed by atoms with van der Waals surface area (Å²) in [4.78, 5) is 4.85. The molecule has 4 nitrogen and oxygen atoms in total. The van der Waals surface area contributed by atoms with Crippen molar-refractivity contribution in [3.05, 3.63) is 76.9 Å². The number of nitrogens with zero attached hydrogens (tertiary/aromatic N) is 1. The molecule has 0 fully saturated rings. The molecule has 0 aliphatic heterocycles. The van der Waals surface area contributed by atoms with Crippen LogP contribution < -0.4 is 4.72 Å². The summed E-state index contributed by atoms with van der Waals surface area (Å²) >= 11 is 3.32. The highest BCUT2D eigenvalue weighted by molar-refractivity contribution is 9.10. The highest BCUT2D eigenvalue weighted by atomic mass is 79.9. The zero-order valence-electron chi connectivity index (χ0n) is 13.9. The standard InChI is InChI=1S/C20H15BrN2O2S/c1-13-12-19(23-26(24,25)16-9-7-15(21)8-10-16)18-11-6-14-4-2-3-5-17(14)20(18)22-13/h2-12H,1H3,(H,22,23). The molecule has 0 saturated carbocycles. The van der Waals surface area contributed by atoms with E-state index in [1.165, 1.54) is 0 Å². The number of pyridine rings is 1. The van der Waals surface area contributed by atoms with Gasteiger partial charge < -0.3 is 0 Å². The maximum Gasteiger partial charge on any atom is 0.261 e. The SMILES string of the molecule is Cc1cc(NS(=O)(=O)c2ccc(Br)cc2)c2ccc3ccccc3c2n1. The number of fused-ring (bicyclic) bond motifs is 3. The van der Waals surface area contributed by atoms with Crippen molar-refractivity contribution in [3.8, 4) is 0 Å². The first-order valence-electron chi connectivity index (χ1n) is 8.01. The van der Waals surface area contributed by atoms with Crippen molar-refractivity contribution in [1.82, 2.24) is 4.98 Å². The second-order valence-corrected chi connectivity index (χ2v) is 8.65. The molecule has 0 saturated heterocycles. The molecule has 3 aromatic carbocycles. The molecule has 4 aromatic rings. The van der Waals surface area contributed by atoms with E-state index in [9.17, 15) is 8.42 Å². The number of benzene rings is 3. The molecule has 0 spiro atoms. The molecule has 1 N–H and O–H groups in total. The fourth-order valence-electron chi connectivity index (χ4n) is 2.99. The Morgan fingerprint density at radius 1 is 0.923 bits per heavy atom. The van der Waals surface area contributed by atoms with E-state index in [0.717, 1.165) is 31.8 Å². The predicted molar refractivity (Wildman–Crippen MR) is 109 cm³/mol. The van der Waals surface area contributed by atoms with Crippen LogP contribution >= 0.6 is 15.9 Å². The second kappa shape index (κ2) is 6.37. The van der Waals surface area contributed by atoms with Crippen LogP contribution in [0.5, 0.6) is 0 Å². The minimum Gasteiger partial charge on any atom is -0.279 e. The van der Waals surface area contributed by atoms with Crippen LogP contribution in [0, 0.1) is 6.92 Å². The smallest absolute Gasteiger partial charge is 0.261 e. The van der Waals surface area contributed by atoms with Gasteiger partial charge in [-0.15, -0.1) is 0 Å². The predicted octanol–water partition coefficient (Wildman–Crippen LogP) is 5.26. The Labute approximate surface area is 160 Å². The fourth-order valence-corrected chi connectivity index (χ4v) is 4.33. The summed E-state index contributed by atoms with van der Waals surface area (Å²) in [5.41, 5.74) is 2.07. The third kappa shape index (κ3) is 3.06. The molecule has 0 bridgehead atoms. The number of nitrogens with one attached hydrogen (secondary N) is 1. The van der Waals surface area contributed by atoms with Crippen molar-refractivity contribution in [2.75, 3.05) is 4.72 Å². The number of aryl methyl sites for hydroxylation is 1. The van der Waals surface area contributed by atoms with E-state index in [1.54, 1.807) is 30.3 Å². The van der Waals surface area contributed by atoms with Gasteiger partial charge in [0.05, 0.1) is 16.1 Å². The maximum absolute atomic E-state index is 12.8. The summed E-state index contributed by atoms with van der Waals surface area (Å²) < 4.78 is 29.1. The lowest BCUT2D eigenvalue weighted by molar-refractivity contribution is 0.601. The monoisotopic (exact) mass is 426 g/mol. The minimum atomic E-state index is -3.69. The first-order chi connectivity index (χ1) is 12.4. The van der Waals surface area contributed by atoms with Gasteiger partial charge in [-0.3, -0.25) is 9.71 Å². The lowest BCUT2D eigenvalue weighted by Crippen LogP contribution is -2.13. The van der Waals surface area contributed by atoms with Crippen molar-refractivity contribution < 1.29 is 8.42 Å². The van der Waals surface area contributed by atoms with E-state index in [2.05, 4.69) is 25.6 Å². The molecule has 0 atom stereocenters. The van der Waals surface area contributed by atoms with Gasteiger partial charge in [0.1, 0.15) is 0 Å². The number of aromatic nitrogens is 1. The molecule has 0 unspecified atom stereocenters. The maximum atomic E-state index is 12.8. The van der Waals surface area contributed by atoms with Crippen LogP contribution in [0.15, 0.2) is 76.1 Å². The number of hydrogen-bond acceptors (Lipinski definition) is 3. The highest BCUT2D eigenvalue weighted by Crippen LogP contribution is 2.31. The molecule has 0 aliphatic carbocycles. The zero-order chi connectivity index (χ0) is 18.3. The number of halogens is 1. The van der Waals surface area contributed by atoms with Gasteiger partial charge in [0.15, 0.2) is 0 Å². The van der Waals surface area contributed by atoms with Crippen molar-refractivity contribution in [2.45, 2.75) is 11.8 Å². The average Bonchev–Trinajstić information content (AvgIpc) is 2.61. The molecular weight excluding hydrogens is 412 g/mol. The number of rotatable bonds is 3. The van der Waals surface area contributed by atoms with E-state index < -0.39 is 10.0 Å². The lowest BCUT2D eigenvalue weighted by atomic mass is 10.0. The Hall–Kier alpha value is -2.44. The largest absolute Gasteiger partial charge is 0.279 e. The van der Waals surface area contributed by atoms with Gasteiger partial charge in [0.2, 0.25) is 0 Å². The van der Waals surface area contributed by atoms with Crippen molar-refractivity contribution >= 4 is 53.3 Å². The van der Waals surface area contributed by atoms with Gasteiger partial charge in [0.25, 0.3) is 10.0 Å². The van der Waals surface area contributed by atoms with Crippen LogP contribution in [0.2, 0.25) is 0 Å². The summed E-state index contributed by atoms with van der Waals surface area (Å²) in [7, 11) is -3.69. The normalized spacial score (nSPS) is 11.8. The van der Waals surface area contributed by atoms with Gasteiger partial charge >= 0.3 is 0 Å². The lowest BCUT2D eigenvalue weighted by Gasteiger charge is -2.13. The molecule has 26 heavy (non-hydrogen) atoms. The third-order valence-corrected chi connectivity index (χ3v) is 6.11. The summed E-state index contributed by atoms with van der Waals surface area (Å²) in [6, 6.07) is 20.1.